The van der Waals surface area contributed by atoms with Crippen LogP contribution in [-0.2, 0) is 6.54 Å². The Morgan fingerprint density at radius 3 is 2.76 bits per heavy atom. The number of hydrogen-bond acceptors (Lipinski definition) is 5. The minimum atomic E-state index is -0.657. The Kier molecular flexibility index (Phi) is 4.76. The molecule has 2 aromatic heterocycles. The number of aromatic nitrogens is 3. The van der Waals surface area contributed by atoms with Gasteiger partial charge in [-0.15, -0.1) is 0 Å². The van der Waals surface area contributed by atoms with E-state index >= 15 is 0 Å². The Bertz CT molecular complexity index is 647. The Morgan fingerprint density at radius 1 is 1.29 bits per heavy atom. The highest BCUT2D eigenvalue weighted by Gasteiger charge is 2.15. The summed E-state index contributed by atoms with van der Waals surface area (Å²) in [5.41, 5.74) is 0.615. The molecular formula is C14H16FN5O. The number of carbonyl (C=O) groups excluding carboxylic acids is 1. The van der Waals surface area contributed by atoms with Crippen molar-refractivity contribution in [1.82, 2.24) is 20.3 Å². The number of aryl methyl sites for hydroxylation is 1. The maximum absolute atomic E-state index is 14.1. The van der Waals surface area contributed by atoms with Crippen LogP contribution in [0.25, 0.3) is 0 Å². The summed E-state index contributed by atoms with van der Waals surface area (Å²) in [4.78, 5) is 24.0. The minimum Gasteiger partial charge on any atom is -0.368 e. The molecule has 2 N–H and O–H groups in total. The number of carbonyl (C=O) groups is 1. The Morgan fingerprint density at radius 2 is 2.05 bits per heavy atom. The number of halogens is 1. The molecule has 0 saturated carbocycles. The molecule has 0 spiro atoms. The normalized spacial score (nSPS) is 10.2. The highest BCUT2D eigenvalue weighted by atomic mass is 19.1. The van der Waals surface area contributed by atoms with Crippen LogP contribution in [0.4, 0.5) is 10.2 Å². The number of nitrogens with zero attached hydrogens (tertiary/aromatic N) is 3. The lowest BCUT2D eigenvalue weighted by molar-refractivity contribution is 0.0946. The molecule has 0 aliphatic rings. The van der Waals surface area contributed by atoms with Gasteiger partial charge in [-0.05, 0) is 26.0 Å². The summed E-state index contributed by atoms with van der Waals surface area (Å²) in [5.74, 6) is -0.477. The summed E-state index contributed by atoms with van der Waals surface area (Å²) < 4.78 is 14.1. The van der Waals surface area contributed by atoms with Crippen LogP contribution in [0, 0.1) is 12.7 Å². The lowest BCUT2D eigenvalue weighted by Crippen LogP contribution is -2.25. The molecule has 0 bridgehead atoms. The SMILES string of the molecule is CCNc1nccc(C(=O)NCc2ccnc(C)n2)c1F. The highest BCUT2D eigenvalue weighted by Crippen LogP contribution is 2.14. The monoisotopic (exact) mass is 289 g/mol. The van der Waals surface area contributed by atoms with Crippen molar-refractivity contribution in [2.24, 2.45) is 0 Å². The molecule has 7 heteroatoms. The molecular weight excluding hydrogens is 273 g/mol. The summed E-state index contributed by atoms with van der Waals surface area (Å²) >= 11 is 0. The van der Waals surface area contributed by atoms with Crippen LogP contribution in [0.2, 0.25) is 0 Å². The second kappa shape index (κ2) is 6.74. The smallest absolute Gasteiger partial charge is 0.254 e. The topological polar surface area (TPSA) is 79.8 Å². The standard InChI is InChI=1S/C14H16FN5O/c1-3-16-13-12(15)11(5-7-18-13)14(21)19-8-10-4-6-17-9(2)20-10/h4-7H,3,8H2,1-2H3,(H,16,18)(H,19,21). The Hall–Kier alpha value is -2.57. The first-order valence-electron chi connectivity index (χ1n) is 6.57. The van der Waals surface area contributed by atoms with Gasteiger partial charge in [0.05, 0.1) is 17.8 Å². The van der Waals surface area contributed by atoms with E-state index < -0.39 is 11.7 Å². The van der Waals surface area contributed by atoms with E-state index in [4.69, 9.17) is 0 Å². The third-order valence-electron chi connectivity index (χ3n) is 2.74. The summed E-state index contributed by atoms with van der Waals surface area (Å²) in [5, 5.41) is 5.39. The molecule has 0 fully saturated rings. The van der Waals surface area contributed by atoms with Gasteiger partial charge in [-0.1, -0.05) is 0 Å². The van der Waals surface area contributed by atoms with E-state index in [0.29, 0.717) is 18.1 Å². The van der Waals surface area contributed by atoms with Gasteiger partial charge in [0, 0.05) is 18.9 Å². The van der Waals surface area contributed by atoms with Gasteiger partial charge in [-0.3, -0.25) is 4.79 Å². The van der Waals surface area contributed by atoms with Crippen molar-refractivity contribution in [1.29, 1.82) is 0 Å². The van der Waals surface area contributed by atoms with Crippen molar-refractivity contribution in [3.8, 4) is 0 Å². The molecule has 0 aliphatic carbocycles. The molecule has 6 nitrogen and oxygen atoms in total. The number of hydrogen-bond donors (Lipinski definition) is 2. The average Bonchev–Trinajstić information content (AvgIpc) is 2.47. The largest absolute Gasteiger partial charge is 0.368 e. The van der Waals surface area contributed by atoms with Crippen molar-refractivity contribution in [2.45, 2.75) is 20.4 Å². The van der Waals surface area contributed by atoms with Crippen LogP contribution in [0.15, 0.2) is 24.5 Å². The van der Waals surface area contributed by atoms with E-state index in [1.54, 1.807) is 19.2 Å². The van der Waals surface area contributed by atoms with Gasteiger partial charge in [0.25, 0.3) is 5.91 Å². The van der Waals surface area contributed by atoms with E-state index in [2.05, 4.69) is 25.6 Å². The molecule has 0 unspecified atom stereocenters. The average molecular weight is 289 g/mol. The summed E-state index contributed by atoms with van der Waals surface area (Å²) in [6.45, 7) is 4.32. The summed E-state index contributed by atoms with van der Waals surface area (Å²) in [7, 11) is 0. The van der Waals surface area contributed by atoms with Crippen molar-refractivity contribution in [3.05, 3.63) is 47.4 Å². The van der Waals surface area contributed by atoms with E-state index in [1.165, 1.54) is 12.3 Å². The summed E-state index contributed by atoms with van der Waals surface area (Å²) in [6.07, 6.45) is 3.00. The van der Waals surface area contributed by atoms with Gasteiger partial charge in [0.15, 0.2) is 11.6 Å². The fourth-order valence-electron chi connectivity index (χ4n) is 1.78. The molecule has 0 aliphatic heterocycles. The van der Waals surface area contributed by atoms with E-state index in [1.807, 2.05) is 6.92 Å². The van der Waals surface area contributed by atoms with Crippen molar-refractivity contribution >= 4 is 11.7 Å². The molecule has 2 heterocycles. The van der Waals surface area contributed by atoms with Crippen LogP contribution in [0.5, 0.6) is 0 Å². The maximum atomic E-state index is 14.1. The molecule has 0 radical (unpaired) electrons. The fraction of sp³-hybridized carbons (Fsp3) is 0.286. The number of pyridine rings is 1. The van der Waals surface area contributed by atoms with Gasteiger partial charge in [0.2, 0.25) is 0 Å². The molecule has 2 rings (SSSR count). The van der Waals surface area contributed by atoms with Gasteiger partial charge in [-0.2, -0.15) is 0 Å². The molecule has 2 aromatic rings. The number of amides is 1. The third-order valence-corrected chi connectivity index (χ3v) is 2.74. The van der Waals surface area contributed by atoms with Crippen LogP contribution < -0.4 is 10.6 Å². The zero-order chi connectivity index (χ0) is 15.2. The predicted molar refractivity (Wildman–Crippen MR) is 76.3 cm³/mol. The number of nitrogens with one attached hydrogen (secondary N) is 2. The van der Waals surface area contributed by atoms with Gasteiger partial charge in [0.1, 0.15) is 5.82 Å². The first kappa shape index (κ1) is 14.8. The predicted octanol–water partition coefficient (Wildman–Crippen LogP) is 1.68. The van der Waals surface area contributed by atoms with Gasteiger partial charge >= 0.3 is 0 Å². The Balaban J connectivity index is 2.08. The van der Waals surface area contributed by atoms with Gasteiger partial charge in [-0.25, -0.2) is 19.3 Å². The molecule has 0 saturated heterocycles. The van der Waals surface area contributed by atoms with E-state index in [9.17, 15) is 9.18 Å². The van der Waals surface area contributed by atoms with Crippen LogP contribution in [0.1, 0.15) is 28.8 Å². The molecule has 110 valence electrons. The fourth-order valence-corrected chi connectivity index (χ4v) is 1.78. The van der Waals surface area contributed by atoms with Gasteiger partial charge < -0.3 is 10.6 Å². The number of anilines is 1. The van der Waals surface area contributed by atoms with E-state index in [0.717, 1.165) is 0 Å². The Labute approximate surface area is 121 Å². The summed E-state index contributed by atoms with van der Waals surface area (Å²) in [6, 6.07) is 3.04. The first-order valence-corrected chi connectivity index (χ1v) is 6.57. The van der Waals surface area contributed by atoms with Crippen molar-refractivity contribution < 1.29 is 9.18 Å². The second-order valence-electron chi connectivity index (χ2n) is 4.33. The van der Waals surface area contributed by atoms with Crippen LogP contribution in [-0.4, -0.2) is 27.4 Å². The van der Waals surface area contributed by atoms with Crippen LogP contribution in [0.3, 0.4) is 0 Å². The van der Waals surface area contributed by atoms with Crippen molar-refractivity contribution in [3.63, 3.8) is 0 Å². The lowest BCUT2D eigenvalue weighted by Gasteiger charge is -2.09. The zero-order valence-corrected chi connectivity index (χ0v) is 11.9. The van der Waals surface area contributed by atoms with Crippen molar-refractivity contribution in [2.75, 3.05) is 11.9 Å². The first-order chi connectivity index (χ1) is 10.1. The quantitative estimate of drug-likeness (QED) is 0.875. The van der Waals surface area contributed by atoms with E-state index in [-0.39, 0.29) is 17.9 Å². The van der Waals surface area contributed by atoms with Crippen LogP contribution >= 0.6 is 0 Å². The second-order valence-corrected chi connectivity index (χ2v) is 4.33. The number of rotatable bonds is 5. The third kappa shape index (κ3) is 3.71. The molecule has 21 heavy (non-hydrogen) atoms. The molecule has 0 aromatic carbocycles. The lowest BCUT2D eigenvalue weighted by atomic mass is 10.2. The highest BCUT2D eigenvalue weighted by molar-refractivity contribution is 5.95. The molecule has 1 amide bonds. The minimum absolute atomic E-state index is 0.0493. The zero-order valence-electron chi connectivity index (χ0n) is 11.9. The maximum Gasteiger partial charge on any atom is 0.254 e. The molecule has 0 atom stereocenters.